The maximum absolute atomic E-state index is 6.01. The summed E-state index contributed by atoms with van der Waals surface area (Å²) in [6.45, 7) is 10.7. The Kier molecular flexibility index (Phi) is 10.2. The number of aliphatic imine (C=N–C) groups is 1. The van der Waals surface area contributed by atoms with E-state index in [-0.39, 0.29) is 30.1 Å². The zero-order valence-electron chi connectivity index (χ0n) is 15.7. The molecule has 6 heteroatoms. The smallest absolute Gasteiger partial charge is 0.193 e. The molecule has 142 valence electrons. The van der Waals surface area contributed by atoms with Gasteiger partial charge in [-0.1, -0.05) is 6.92 Å². The van der Waals surface area contributed by atoms with E-state index in [0.717, 1.165) is 18.0 Å². The Morgan fingerprint density at radius 1 is 1.28 bits per heavy atom. The Labute approximate surface area is 169 Å². The summed E-state index contributed by atoms with van der Waals surface area (Å²) in [6.07, 6.45) is 3.86. The average Bonchev–Trinajstić information content (AvgIpc) is 2.56. The van der Waals surface area contributed by atoms with Gasteiger partial charge in [0, 0.05) is 12.2 Å². The molecule has 1 aliphatic rings. The van der Waals surface area contributed by atoms with Gasteiger partial charge in [-0.25, -0.2) is 0 Å². The lowest BCUT2D eigenvalue weighted by Crippen LogP contribution is -2.35. The fourth-order valence-electron chi connectivity index (χ4n) is 3.01. The second kappa shape index (κ2) is 11.6. The molecule has 25 heavy (non-hydrogen) atoms. The van der Waals surface area contributed by atoms with Crippen molar-refractivity contribution in [1.82, 2.24) is 4.90 Å². The first kappa shape index (κ1) is 22.0. The van der Waals surface area contributed by atoms with Crippen molar-refractivity contribution >= 4 is 35.6 Å². The molecule has 0 radical (unpaired) electrons. The number of anilines is 1. The number of guanidine groups is 1. The van der Waals surface area contributed by atoms with Crippen molar-refractivity contribution in [2.75, 3.05) is 31.5 Å². The molecule has 1 fully saturated rings. The highest BCUT2D eigenvalue weighted by Gasteiger charge is 2.18. The van der Waals surface area contributed by atoms with Crippen molar-refractivity contribution in [3.05, 3.63) is 24.3 Å². The molecule has 1 saturated heterocycles. The van der Waals surface area contributed by atoms with Crippen LogP contribution in [-0.2, 0) is 0 Å². The van der Waals surface area contributed by atoms with Crippen LogP contribution >= 0.6 is 24.0 Å². The first-order valence-corrected chi connectivity index (χ1v) is 9.12. The Morgan fingerprint density at radius 3 is 2.48 bits per heavy atom. The molecule has 1 aromatic rings. The normalized spacial score (nSPS) is 16.6. The van der Waals surface area contributed by atoms with Crippen LogP contribution in [0.25, 0.3) is 0 Å². The van der Waals surface area contributed by atoms with Gasteiger partial charge in [0.25, 0.3) is 0 Å². The second-order valence-electron chi connectivity index (χ2n) is 6.83. The van der Waals surface area contributed by atoms with E-state index in [1.165, 1.54) is 38.9 Å². The van der Waals surface area contributed by atoms with Gasteiger partial charge in [-0.3, -0.25) is 4.99 Å². The number of likely N-dealkylation sites (tertiary alicyclic amines) is 1. The molecule has 5 nitrogen and oxygen atoms in total. The van der Waals surface area contributed by atoms with Gasteiger partial charge in [-0.2, -0.15) is 0 Å². The van der Waals surface area contributed by atoms with E-state index in [1.807, 2.05) is 38.1 Å². The second-order valence-corrected chi connectivity index (χ2v) is 6.83. The number of piperidine rings is 1. The molecular formula is C19H33IN4O. The van der Waals surface area contributed by atoms with Crippen LogP contribution in [0.5, 0.6) is 5.75 Å². The van der Waals surface area contributed by atoms with Gasteiger partial charge in [-0.05, 0) is 82.9 Å². The van der Waals surface area contributed by atoms with Crippen LogP contribution in [0.15, 0.2) is 29.3 Å². The molecule has 3 N–H and O–H groups in total. The average molecular weight is 460 g/mol. The molecule has 0 aliphatic carbocycles. The highest BCUT2D eigenvalue weighted by Crippen LogP contribution is 2.18. The summed E-state index contributed by atoms with van der Waals surface area (Å²) in [5.74, 6) is 2.01. The van der Waals surface area contributed by atoms with Crippen LogP contribution in [0.2, 0.25) is 0 Å². The lowest BCUT2D eigenvalue weighted by molar-refractivity contribution is 0.188. The van der Waals surface area contributed by atoms with Crippen LogP contribution in [0.4, 0.5) is 5.69 Å². The van der Waals surface area contributed by atoms with Crippen LogP contribution < -0.4 is 15.8 Å². The molecule has 0 unspecified atom stereocenters. The van der Waals surface area contributed by atoms with E-state index in [2.05, 4.69) is 22.1 Å². The highest BCUT2D eigenvalue weighted by atomic mass is 127. The monoisotopic (exact) mass is 460 g/mol. The largest absolute Gasteiger partial charge is 0.491 e. The topological polar surface area (TPSA) is 62.9 Å². The van der Waals surface area contributed by atoms with Crippen molar-refractivity contribution in [1.29, 1.82) is 0 Å². The number of nitrogens with one attached hydrogen (secondary N) is 1. The number of nitrogens with zero attached hydrogens (tertiary/aromatic N) is 2. The Morgan fingerprint density at radius 2 is 1.92 bits per heavy atom. The van der Waals surface area contributed by atoms with E-state index in [1.54, 1.807) is 0 Å². The van der Waals surface area contributed by atoms with Crippen molar-refractivity contribution in [3.63, 3.8) is 0 Å². The summed E-state index contributed by atoms with van der Waals surface area (Å²) >= 11 is 0. The first-order chi connectivity index (χ1) is 11.6. The predicted molar refractivity (Wildman–Crippen MR) is 117 cm³/mol. The fourth-order valence-corrected chi connectivity index (χ4v) is 3.01. The van der Waals surface area contributed by atoms with Gasteiger partial charge in [0.1, 0.15) is 5.75 Å². The standard InChI is InChI=1S/C19H32N4O.HI/c1-4-11-23-12-9-16(10-13-23)14-21-19(20)22-17-5-7-18(8-6-17)24-15(2)3;/h5-8,15-16H,4,9-14H2,1-3H3,(H3,20,21,22);1H. The van der Waals surface area contributed by atoms with Crippen molar-refractivity contribution in [2.24, 2.45) is 16.6 Å². The van der Waals surface area contributed by atoms with Crippen LogP contribution in [0.3, 0.4) is 0 Å². The lowest BCUT2D eigenvalue weighted by atomic mass is 9.97. The van der Waals surface area contributed by atoms with E-state index in [0.29, 0.717) is 11.9 Å². The minimum absolute atomic E-state index is 0. The zero-order chi connectivity index (χ0) is 17.4. The molecule has 0 amide bonds. The van der Waals surface area contributed by atoms with Crippen molar-refractivity contribution in [2.45, 2.75) is 46.1 Å². The number of rotatable bonds is 7. The fraction of sp³-hybridized carbons (Fsp3) is 0.632. The molecule has 0 aromatic heterocycles. The van der Waals surface area contributed by atoms with Gasteiger partial charge in [0.15, 0.2) is 5.96 Å². The van der Waals surface area contributed by atoms with Gasteiger partial charge in [0.2, 0.25) is 0 Å². The van der Waals surface area contributed by atoms with Crippen LogP contribution in [0, 0.1) is 5.92 Å². The minimum Gasteiger partial charge on any atom is -0.491 e. The van der Waals surface area contributed by atoms with Crippen LogP contribution in [-0.4, -0.2) is 43.1 Å². The first-order valence-electron chi connectivity index (χ1n) is 9.12. The summed E-state index contributed by atoms with van der Waals surface area (Å²) in [6, 6.07) is 7.81. The summed E-state index contributed by atoms with van der Waals surface area (Å²) in [4.78, 5) is 7.06. The van der Waals surface area contributed by atoms with Crippen LogP contribution in [0.1, 0.15) is 40.0 Å². The summed E-state index contributed by atoms with van der Waals surface area (Å²) in [5, 5.41) is 3.15. The Balaban J connectivity index is 0.00000312. The van der Waals surface area contributed by atoms with Gasteiger partial charge in [-0.15, -0.1) is 24.0 Å². The quantitative estimate of drug-likeness (QED) is 0.368. The van der Waals surface area contributed by atoms with Gasteiger partial charge in [0.05, 0.1) is 6.10 Å². The number of halogens is 1. The summed E-state index contributed by atoms with van der Waals surface area (Å²) < 4.78 is 5.63. The Hall–Kier alpha value is -1.02. The predicted octanol–water partition coefficient (Wildman–Crippen LogP) is 3.94. The maximum Gasteiger partial charge on any atom is 0.193 e. The molecule has 2 rings (SSSR count). The van der Waals surface area contributed by atoms with Crippen molar-refractivity contribution in [3.8, 4) is 5.75 Å². The van der Waals surface area contributed by atoms with Gasteiger partial charge >= 0.3 is 0 Å². The Bertz CT molecular complexity index is 511. The number of benzene rings is 1. The third-order valence-corrected chi connectivity index (χ3v) is 4.27. The molecule has 1 aromatic carbocycles. The number of ether oxygens (including phenoxy) is 1. The number of hydrogen-bond acceptors (Lipinski definition) is 3. The molecule has 0 atom stereocenters. The molecule has 0 bridgehead atoms. The molecule has 0 spiro atoms. The van der Waals surface area contributed by atoms with E-state index in [9.17, 15) is 0 Å². The van der Waals surface area contributed by atoms with E-state index in [4.69, 9.17) is 10.5 Å². The zero-order valence-corrected chi connectivity index (χ0v) is 18.0. The summed E-state index contributed by atoms with van der Waals surface area (Å²) in [7, 11) is 0. The summed E-state index contributed by atoms with van der Waals surface area (Å²) in [5.41, 5.74) is 6.95. The molecule has 1 aliphatic heterocycles. The van der Waals surface area contributed by atoms with Gasteiger partial charge < -0.3 is 20.7 Å². The third-order valence-electron chi connectivity index (χ3n) is 4.27. The van der Waals surface area contributed by atoms with E-state index >= 15 is 0 Å². The SMILES string of the molecule is CCCN1CCC(CN=C(N)Nc2ccc(OC(C)C)cc2)CC1.I. The number of nitrogens with two attached hydrogens (primary N) is 1. The van der Waals surface area contributed by atoms with E-state index < -0.39 is 0 Å². The third kappa shape index (κ3) is 8.27. The number of hydrogen-bond donors (Lipinski definition) is 2. The minimum atomic E-state index is 0. The molecular weight excluding hydrogens is 427 g/mol. The highest BCUT2D eigenvalue weighted by molar-refractivity contribution is 14.0. The lowest BCUT2D eigenvalue weighted by Gasteiger charge is -2.30. The maximum atomic E-state index is 6.01. The van der Waals surface area contributed by atoms with Crippen molar-refractivity contribution < 1.29 is 4.74 Å². The molecule has 0 saturated carbocycles. The molecule has 1 heterocycles.